The van der Waals surface area contributed by atoms with Gasteiger partial charge in [0.25, 0.3) is 5.91 Å². The summed E-state index contributed by atoms with van der Waals surface area (Å²) in [5.74, 6) is -0.219. The first-order chi connectivity index (χ1) is 12.0. The van der Waals surface area contributed by atoms with Crippen LogP contribution in [0, 0.1) is 0 Å². The van der Waals surface area contributed by atoms with Crippen molar-refractivity contribution in [3.8, 4) is 0 Å². The standard InChI is InChI=1S/C21H28N2O2/c1-5-7-12-19(6-2)21(25)22-13-20(24)16-23-14-17(3)10-8-9-11-18(4)15-23/h5-12,20,24H,1,3-4,13-16H2,2H3,(H,22,25)/b10-8-,11-9-,12-7-,19-6+. The van der Waals surface area contributed by atoms with E-state index in [1.54, 1.807) is 31.2 Å². The summed E-state index contributed by atoms with van der Waals surface area (Å²) >= 11 is 0. The average molecular weight is 340 g/mol. The molecule has 4 heteroatoms. The number of nitrogens with one attached hydrogen (secondary N) is 1. The Morgan fingerprint density at radius 1 is 1.32 bits per heavy atom. The Morgan fingerprint density at radius 3 is 2.44 bits per heavy atom. The fourth-order valence-corrected chi connectivity index (χ4v) is 2.40. The number of hydrogen-bond donors (Lipinski definition) is 2. The van der Waals surface area contributed by atoms with Crippen LogP contribution in [0.3, 0.4) is 0 Å². The molecule has 0 aromatic heterocycles. The van der Waals surface area contributed by atoms with Gasteiger partial charge < -0.3 is 10.4 Å². The first-order valence-electron chi connectivity index (χ1n) is 8.30. The van der Waals surface area contributed by atoms with E-state index in [2.05, 4.69) is 30.0 Å². The minimum absolute atomic E-state index is 0.180. The van der Waals surface area contributed by atoms with Crippen LogP contribution in [0.2, 0.25) is 0 Å². The van der Waals surface area contributed by atoms with E-state index < -0.39 is 6.10 Å². The van der Waals surface area contributed by atoms with Gasteiger partial charge in [0.15, 0.2) is 0 Å². The third-order valence-electron chi connectivity index (χ3n) is 3.58. The van der Waals surface area contributed by atoms with Gasteiger partial charge in [-0.3, -0.25) is 9.69 Å². The molecule has 0 spiro atoms. The molecule has 25 heavy (non-hydrogen) atoms. The number of carbonyl (C=O) groups is 1. The Morgan fingerprint density at radius 2 is 1.92 bits per heavy atom. The molecule has 1 unspecified atom stereocenters. The smallest absolute Gasteiger partial charge is 0.251 e. The summed E-state index contributed by atoms with van der Waals surface area (Å²) in [7, 11) is 0. The van der Waals surface area contributed by atoms with Gasteiger partial charge in [-0.05, 0) is 24.1 Å². The maximum atomic E-state index is 12.1. The second kappa shape index (κ2) is 11.2. The predicted octanol–water partition coefficient (Wildman–Crippen LogP) is 2.69. The van der Waals surface area contributed by atoms with E-state index in [4.69, 9.17) is 0 Å². The lowest BCUT2D eigenvalue weighted by Crippen LogP contribution is -2.41. The van der Waals surface area contributed by atoms with E-state index in [-0.39, 0.29) is 12.5 Å². The van der Waals surface area contributed by atoms with Crippen LogP contribution in [0.4, 0.5) is 0 Å². The highest BCUT2D eigenvalue weighted by atomic mass is 16.3. The first-order valence-corrected chi connectivity index (χ1v) is 8.30. The van der Waals surface area contributed by atoms with Gasteiger partial charge in [0.1, 0.15) is 0 Å². The van der Waals surface area contributed by atoms with E-state index in [0.717, 1.165) is 11.1 Å². The zero-order valence-corrected chi connectivity index (χ0v) is 14.9. The zero-order valence-electron chi connectivity index (χ0n) is 14.9. The topological polar surface area (TPSA) is 52.6 Å². The molecule has 1 rings (SSSR count). The summed E-state index contributed by atoms with van der Waals surface area (Å²) in [5.41, 5.74) is 2.45. The van der Waals surface area contributed by atoms with Crippen molar-refractivity contribution >= 4 is 5.91 Å². The van der Waals surface area contributed by atoms with Gasteiger partial charge >= 0.3 is 0 Å². The maximum absolute atomic E-state index is 12.1. The number of carbonyl (C=O) groups excluding carboxylic acids is 1. The van der Waals surface area contributed by atoms with Gasteiger partial charge in [-0.15, -0.1) is 0 Å². The molecule has 1 aliphatic rings. The Labute approximate surface area is 150 Å². The zero-order chi connectivity index (χ0) is 18.7. The molecule has 0 aromatic carbocycles. The van der Waals surface area contributed by atoms with Crippen LogP contribution in [0.1, 0.15) is 6.92 Å². The summed E-state index contributed by atoms with van der Waals surface area (Å²) in [6.07, 6.45) is 13.8. The highest BCUT2D eigenvalue weighted by Gasteiger charge is 2.15. The molecule has 0 saturated carbocycles. The number of hydrogen-bond acceptors (Lipinski definition) is 3. The van der Waals surface area contributed by atoms with Crippen LogP contribution in [-0.2, 0) is 4.79 Å². The van der Waals surface area contributed by atoms with E-state index in [1.807, 2.05) is 24.3 Å². The Balaban J connectivity index is 2.56. The highest BCUT2D eigenvalue weighted by Crippen LogP contribution is 2.08. The fourth-order valence-electron chi connectivity index (χ4n) is 2.40. The number of rotatable bonds is 7. The summed E-state index contributed by atoms with van der Waals surface area (Å²) in [6.45, 7) is 15.3. The van der Waals surface area contributed by atoms with Crippen LogP contribution < -0.4 is 5.32 Å². The lowest BCUT2D eigenvalue weighted by molar-refractivity contribution is -0.117. The van der Waals surface area contributed by atoms with Gasteiger partial charge in [0.05, 0.1) is 6.10 Å². The Kier molecular flexibility index (Phi) is 9.22. The lowest BCUT2D eigenvalue weighted by atomic mass is 10.2. The van der Waals surface area contributed by atoms with Gasteiger partial charge in [0.2, 0.25) is 0 Å². The summed E-state index contributed by atoms with van der Waals surface area (Å²) in [6, 6.07) is 0. The molecule has 0 bridgehead atoms. The summed E-state index contributed by atoms with van der Waals surface area (Å²) < 4.78 is 0. The van der Waals surface area contributed by atoms with Crippen LogP contribution in [0.25, 0.3) is 0 Å². The number of β-amino-alcohol motifs (C(OH)–C–C–N with tert-alkyl or cyclic N) is 1. The molecule has 0 aliphatic carbocycles. The number of amides is 1. The van der Waals surface area contributed by atoms with Crippen molar-refractivity contribution in [2.24, 2.45) is 0 Å². The normalized spacial score (nSPS) is 20.5. The van der Waals surface area contributed by atoms with Crippen molar-refractivity contribution < 1.29 is 9.90 Å². The molecule has 1 atom stereocenters. The van der Waals surface area contributed by atoms with Crippen LogP contribution in [0.5, 0.6) is 0 Å². The molecule has 1 amide bonds. The van der Waals surface area contributed by atoms with Gasteiger partial charge in [0, 0.05) is 31.8 Å². The van der Waals surface area contributed by atoms with Crippen LogP contribution >= 0.6 is 0 Å². The minimum Gasteiger partial charge on any atom is -0.390 e. The van der Waals surface area contributed by atoms with Crippen LogP contribution in [0.15, 0.2) is 85.1 Å². The Bertz CT molecular complexity index is 598. The molecule has 1 heterocycles. The molecule has 2 N–H and O–H groups in total. The SMILES string of the molecule is C=C/C=C\C(=C/C)C(=O)NCC(O)CN1CC(=C)/C=C\C=C/C(=C)C1. The van der Waals surface area contributed by atoms with Crippen LogP contribution in [-0.4, -0.2) is 48.2 Å². The predicted molar refractivity (Wildman–Crippen MR) is 105 cm³/mol. The maximum Gasteiger partial charge on any atom is 0.251 e. The fraction of sp³-hybridized carbons (Fsp3) is 0.286. The van der Waals surface area contributed by atoms with Crippen molar-refractivity contribution in [1.82, 2.24) is 10.2 Å². The molecule has 0 radical (unpaired) electrons. The number of allylic oxidation sites excluding steroid dienone is 5. The molecular formula is C21H28N2O2. The van der Waals surface area contributed by atoms with Gasteiger partial charge in [-0.1, -0.05) is 62.3 Å². The largest absolute Gasteiger partial charge is 0.390 e. The monoisotopic (exact) mass is 340 g/mol. The van der Waals surface area contributed by atoms with Gasteiger partial charge in [-0.2, -0.15) is 0 Å². The molecule has 1 aliphatic heterocycles. The van der Waals surface area contributed by atoms with Crippen molar-refractivity contribution in [1.29, 1.82) is 0 Å². The molecule has 134 valence electrons. The highest BCUT2D eigenvalue weighted by molar-refractivity contribution is 5.96. The molecule has 4 nitrogen and oxygen atoms in total. The first kappa shape index (κ1) is 20.6. The van der Waals surface area contributed by atoms with Crippen molar-refractivity contribution in [3.05, 3.63) is 85.1 Å². The van der Waals surface area contributed by atoms with E-state index in [9.17, 15) is 9.90 Å². The Hall–Kier alpha value is -2.43. The summed E-state index contributed by atoms with van der Waals surface area (Å²) in [4.78, 5) is 14.2. The number of nitrogens with zero attached hydrogens (tertiary/aromatic N) is 1. The van der Waals surface area contributed by atoms with E-state index in [1.165, 1.54) is 0 Å². The number of aliphatic hydroxyl groups is 1. The summed E-state index contributed by atoms with van der Waals surface area (Å²) in [5, 5.41) is 13.0. The second-order valence-corrected chi connectivity index (χ2v) is 5.91. The second-order valence-electron chi connectivity index (χ2n) is 5.91. The molecular weight excluding hydrogens is 312 g/mol. The molecule has 0 aromatic rings. The third kappa shape index (κ3) is 8.29. The van der Waals surface area contributed by atoms with Crippen molar-refractivity contribution in [2.75, 3.05) is 26.2 Å². The van der Waals surface area contributed by atoms with E-state index in [0.29, 0.717) is 25.2 Å². The van der Waals surface area contributed by atoms with Crippen molar-refractivity contribution in [3.63, 3.8) is 0 Å². The van der Waals surface area contributed by atoms with Crippen molar-refractivity contribution in [2.45, 2.75) is 13.0 Å². The lowest BCUT2D eigenvalue weighted by Gasteiger charge is -2.25. The van der Waals surface area contributed by atoms with Gasteiger partial charge in [-0.25, -0.2) is 0 Å². The quantitative estimate of drug-likeness (QED) is 0.553. The molecule has 0 fully saturated rings. The third-order valence-corrected chi connectivity index (χ3v) is 3.58. The van der Waals surface area contributed by atoms with E-state index >= 15 is 0 Å². The average Bonchev–Trinajstić information content (AvgIpc) is 2.64. The minimum atomic E-state index is -0.681. The number of aliphatic hydroxyl groups excluding tert-OH is 1. The molecule has 0 saturated heterocycles.